The molecule has 1 aromatic rings. The van der Waals surface area contributed by atoms with Gasteiger partial charge in [0.15, 0.2) is 0 Å². The van der Waals surface area contributed by atoms with E-state index in [1.54, 1.807) is 20.1 Å². The van der Waals surface area contributed by atoms with Crippen LogP contribution in [0.1, 0.15) is 4.88 Å². The van der Waals surface area contributed by atoms with Gasteiger partial charge in [0, 0.05) is 18.5 Å². The molecule has 17 heavy (non-hydrogen) atoms. The van der Waals surface area contributed by atoms with Gasteiger partial charge in [0.05, 0.1) is 20.1 Å². The van der Waals surface area contributed by atoms with Crippen molar-refractivity contribution in [3.8, 4) is 0 Å². The van der Waals surface area contributed by atoms with Crippen LogP contribution in [0.5, 0.6) is 0 Å². The number of nitrogens with one attached hydrogen (secondary N) is 1. The van der Waals surface area contributed by atoms with Crippen LogP contribution in [0.3, 0.4) is 0 Å². The summed E-state index contributed by atoms with van der Waals surface area (Å²) in [5.41, 5.74) is 0. The van der Waals surface area contributed by atoms with Gasteiger partial charge in [-0.2, -0.15) is 0 Å². The number of halogens is 2. The first-order valence-electron chi connectivity index (χ1n) is 4.75. The van der Waals surface area contributed by atoms with Gasteiger partial charge in [-0.25, -0.2) is 13.1 Å². The first kappa shape index (κ1) is 15.6. The van der Waals surface area contributed by atoms with Crippen molar-refractivity contribution in [3.05, 3.63) is 14.7 Å². The summed E-state index contributed by atoms with van der Waals surface area (Å²) in [6.45, 7) is 2.53. The molecule has 0 radical (unpaired) electrons. The summed E-state index contributed by atoms with van der Waals surface area (Å²) >= 11 is 8.01. The Hall–Kier alpha value is 0.530. The molecule has 0 bridgehead atoms. The van der Waals surface area contributed by atoms with Crippen LogP contribution in [0.4, 0.5) is 0 Å². The van der Waals surface area contributed by atoms with Crippen molar-refractivity contribution in [1.29, 1.82) is 0 Å². The maximum Gasteiger partial charge on any atom is 0.241 e. The van der Waals surface area contributed by atoms with Crippen molar-refractivity contribution < 1.29 is 13.2 Å². The number of rotatable bonds is 6. The van der Waals surface area contributed by atoms with E-state index in [1.165, 1.54) is 11.3 Å². The van der Waals surface area contributed by atoms with Crippen LogP contribution in [-0.2, 0) is 14.8 Å². The maximum absolute atomic E-state index is 12.0. The lowest BCUT2D eigenvalue weighted by atomic mass is 10.5. The van der Waals surface area contributed by atoms with Crippen LogP contribution in [0.2, 0.25) is 0 Å². The van der Waals surface area contributed by atoms with Crippen LogP contribution in [0.15, 0.2) is 14.7 Å². The van der Waals surface area contributed by atoms with Gasteiger partial charge in [-0.1, -0.05) is 15.9 Å². The SMILES string of the molecule is COCC(Br)CNS(=O)(=O)c1cc(Br)sc1C. The first-order valence-corrected chi connectivity index (χ1v) is 8.76. The maximum atomic E-state index is 12.0. The summed E-state index contributed by atoms with van der Waals surface area (Å²) in [5.74, 6) is 0. The summed E-state index contributed by atoms with van der Waals surface area (Å²) in [4.78, 5) is 1.05. The van der Waals surface area contributed by atoms with E-state index in [4.69, 9.17) is 4.74 Å². The molecule has 1 aromatic heterocycles. The molecule has 0 saturated heterocycles. The summed E-state index contributed by atoms with van der Waals surface area (Å²) in [6.07, 6.45) is 0. The van der Waals surface area contributed by atoms with Gasteiger partial charge in [-0.05, 0) is 28.9 Å². The molecule has 1 unspecified atom stereocenters. The zero-order chi connectivity index (χ0) is 13.1. The number of ether oxygens (including phenoxy) is 1. The number of methoxy groups -OCH3 is 1. The highest BCUT2D eigenvalue weighted by atomic mass is 79.9. The van der Waals surface area contributed by atoms with E-state index >= 15 is 0 Å². The second-order valence-corrected chi connectivity index (χ2v) is 9.04. The lowest BCUT2D eigenvalue weighted by Gasteiger charge is -2.10. The molecule has 4 nitrogen and oxygen atoms in total. The zero-order valence-corrected chi connectivity index (χ0v) is 14.2. The predicted molar refractivity (Wildman–Crippen MR) is 76.5 cm³/mol. The number of sulfonamides is 1. The molecule has 1 atom stereocenters. The lowest BCUT2D eigenvalue weighted by Crippen LogP contribution is -2.31. The normalized spacial score (nSPS) is 13.9. The Balaban J connectivity index is 2.73. The van der Waals surface area contributed by atoms with Crippen molar-refractivity contribution in [1.82, 2.24) is 4.72 Å². The van der Waals surface area contributed by atoms with Crippen LogP contribution in [0, 0.1) is 6.92 Å². The molecule has 0 aliphatic rings. The van der Waals surface area contributed by atoms with Crippen LogP contribution >= 0.6 is 43.2 Å². The standard InChI is InChI=1S/C9H13Br2NO3S2/c1-6-8(3-9(11)16-6)17(13,14)12-4-7(10)5-15-2/h3,7,12H,4-5H2,1-2H3. The van der Waals surface area contributed by atoms with Crippen LogP contribution in [-0.4, -0.2) is 33.5 Å². The van der Waals surface area contributed by atoms with Gasteiger partial charge >= 0.3 is 0 Å². The van der Waals surface area contributed by atoms with Crippen molar-refractivity contribution in [3.63, 3.8) is 0 Å². The average molecular weight is 407 g/mol. The third kappa shape index (κ3) is 4.60. The number of aryl methyl sites for hydroxylation is 1. The molecule has 8 heteroatoms. The molecular formula is C9H13Br2NO3S2. The van der Waals surface area contributed by atoms with E-state index in [1.807, 2.05) is 0 Å². The van der Waals surface area contributed by atoms with E-state index < -0.39 is 10.0 Å². The summed E-state index contributed by atoms with van der Waals surface area (Å²) in [5, 5.41) is 0. The molecule has 1 heterocycles. The molecule has 0 amide bonds. The van der Waals surface area contributed by atoms with E-state index in [0.717, 1.165) is 8.66 Å². The van der Waals surface area contributed by atoms with Gasteiger partial charge in [0.1, 0.15) is 0 Å². The van der Waals surface area contributed by atoms with Crippen molar-refractivity contribution >= 4 is 53.2 Å². The van der Waals surface area contributed by atoms with Gasteiger partial charge < -0.3 is 4.74 Å². The van der Waals surface area contributed by atoms with E-state index in [-0.39, 0.29) is 4.83 Å². The van der Waals surface area contributed by atoms with Gasteiger partial charge in [-0.15, -0.1) is 11.3 Å². The Labute approximate surface area is 122 Å². The number of alkyl halides is 1. The topological polar surface area (TPSA) is 55.4 Å². The fourth-order valence-corrected chi connectivity index (χ4v) is 5.35. The first-order chi connectivity index (χ1) is 7.86. The molecule has 0 aliphatic carbocycles. The van der Waals surface area contributed by atoms with Gasteiger partial charge in [0.2, 0.25) is 10.0 Å². The van der Waals surface area contributed by atoms with Crippen molar-refractivity contribution in [2.75, 3.05) is 20.3 Å². The van der Waals surface area contributed by atoms with Gasteiger partial charge in [0.25, 0.3) is 0 Å². The molecule has 0 fully saturated rings. The number of thiophene rings is 1. The van der Waals surface area contributed by atoms with E-state index in [9.17, 15) is 8.42 Å². The average Bonchev–Trinajstić information content (AvgIpc) is 2.56. The third-order valence-electron chi connectivity index (χ3n) is 1.97. The monoisotopic (exact) mass is 405 g/mol. The highest BCUT2D eigenvalue weighted by Gasteiger charge is 2.20. The summed E-state index contributed by atoms with van der Waals surface area (Å²) in [6, 6.07) is 1.61. The molecule has 98 valence electrons. The van der Waals surface area contributed by atoms with E-state index in [0.29, 0.717) is 18.0 Å². The lowest BCUT2D eigenvalue weighted by molar-refractivity contribution is 0.201. The molecule has 0 aliphatic heterocycles. The quantitative estimate of drug-likeness (QED) is 0.738. The Morgan fingerprint density at radius 1 is 1.59 bits per heavy atom. The Kier molecular flexibility index (Phi) is 6.07. The number of hydrogen-bond acceptors (Lipinski definition) is 4. The minimum atomic E-state index is -3.44. The van der Waals surface area contributed by atoms with Crippen molar-refractivity contribution in [2.45, 2.75) is 16.6 Å². The second kappa shape index (κ2) is 6.63. The molecule has 0 saturated carbocycles. The fourth-order valence-electron chi connectivity index (χ4n) is 1.22. The van der Waals surface area contributed by atoms with Crippen molar-refractivity contribution in [2.24, 2.45) is 0 Å². The molecule has 0 aromatic carbocycles. The predicted octanol–water partition coefficient (Wildman–Crippen LogP) is 2.51. The summed E-state index contributed by atoms with van der Waals surface area (Å²) in [7, 11) is -1.87. The zero-order valence-electron chi connectivity index (χ0n) is 9.37. The molecule has 1 rings (SSSR count). The smallest absolute Gasteiger partial charge is 0.241 e. The minimum Gasteiger partial charge on any atom is -0.383 e. The van der Waals surface area contributed by atoms with Crippen LogP contribution in [0.25, 0.3) is 0 Å². The van der Waals surface area contributed by atoms with E-state index in [2.05, 4.69) is 36.6 Å². The van der Waals surface area contributed by atoms with Gasteiger partial charge in [-0.3, -0.25) is 0 Å². The van der Waals surface area contributed by atoms with Crippen LogP contribution < -0.4 is 4.72 Å². The number of hydrogen-bond donors (Lipinski definition) is 1. The fraction of sp³-hybridized carbons (Fsp3) is 0.556. The Bertz CT molecular complexity index is 473. The Morgan fingerprint density at radius 3 is 2.71 bits per heavy atom. The molecule has 0 spiro atoms. The summed E-state index contributed by atoms with van der Waals surface area (Å²) < 4.78 is 32.2. The minimum absolute atomic E-state index is 0.0374. The Morgan fingerprint density at radius 2 is 2.24 bits per heavy atom. The highest BCUT2D eigenvalue weighted by Crippen LogP contribution is 2.29. The second-order valence-electron chi connectivity index (χ2n) is 3.38. The highest BCUT2D eigenvalue weighted by molar-refractivity contribution is 9.11. The largest absolute Gasteiger partial charge is 0.383 e. The molecular weight excluding hydrogens is 394 g/mol. The molecule has 1 N–H and O–H groups in total. The third-order valence-corrected chi connectivity index (χ3v) is 5.79.